The molecule has 1 heterocycles. The van der Waals surface area contributed by atoms with Crippen LogP contribution in [0.5, 0.6) is 0 Å². The molecule has 1 saturated heterocycles. The Hall–Kier alpha value is -0.610. The molecule has 1 N–H and O–H groups in total. The van der Waals surface area contributed by atoms with Gasteiger partial charge in [0, 0.05) is 36.7 Å². The molecule has 0 bridgehead atoms. The lowest BCUT2D eigenvalue weighted by Gasteiger charge is -2.42. The highest BCUT2D eigenvalue weighted by Gasteiger charge is 2.29. The maximum absolute atomic E-state index is 5.96. The number of nitrogens with one attached hydrogen (secondary N) is 1. The Morgan fingerprint density at radius 1 is 1.22 bits per heavy atom. The Morgan fingerprint density at radius 2 is 1.89 bits per heavy atom. The van der Waals surface area contributed by atoms with E-state index in [4.69, 9.17) is 11.6 Å². The topological polar surface area (TPSA) is 18.5 Å². The lowest BCUT2D eigenvalue weighted by Crippen LogP contribution is -2.54. The fraction of sp³-hybridized carbons (Fsp3) is 0.571. The van der Waals surface area contributed by atoms with Crippen molar-refractivity contribution < 1.29 is 0 Å². The normalized spacial score (nSPS) is 24.1. The third kappa shape index (κ3) is 3.04. The maximum Gasteiger partial charge on any atom is 0.0488 e. The van der Waals surface area contributed by atoms with Gasteiger partial charge in [-0.2, -0.15) is 0 Å². The average Bonchev–Trinajstić information content (AvgIpc) is 2.37. The maximum atomic E-state index is 5.96. The summed E-state index contributed by atoms with van der Waals surface area (Å²) in [5.74, 6) is 0. The Kier molecular flexibility index (Phi) is 4.62. The first-order valence-corrected chi connectivity index (χ1v) is 6.81. The van der Waals surface area contributed by atoms with E-state index in [-0.39, 0.29) is 0 Å². The summed E-state index contributed by atoms with van der Waals surface area (Å²) in [7, 11) is 6.42. The van der Waals surface area contributed by atoms with E-state index in [1.54, 1.807) is 0 Å². The average molecular weight is 268 g/mol. The van der Waals surface area contributed by atoms with Crippen molar-refractivity contribution in [1.29, 1.82) is 0 Å². The van der Waals surface area contributed by atoms with E-state index >= 15 is 0 Å². The molecule has 0 saturated carbocycles. The van der Waals surface area contributed by atoms with Crippen LogP contribution in [0.1, 0.15) is 11.6 Å². The van der Waals surface area contributed by atoms with Crippen LogP contribution in [0.3, 0.4) is 0 Å². The van der Waals surface area contributed by atoms with Gasteiger partial charge < -0.3 is 10.2 Å². The number of halogens is 1. The SMILES string of the molecule is CNC(c1ccc(Cl)cc1)C1CN(C)CCN1C. The van der Waals surface area contributed by atoms with Gasteiger partial charge in [-0.15, -0.1) is 0 Å². The minimum Gasteiger partial charge on any atom is -0.312 e. The molecule has 1 aromatic rings. The van der Waals surface area contributed by atoms with Gasteiger partial charge in [-0.3, -0.25) is 4.90 Å². The minimum atomic E-state index is 0.343. The van der Waals surface area contributed by atoms with Crippen LogP contribution in [-0.2, 0) is 0 Å². The third-order valence-electron chi connectivity index (χ3n) is 3.82. The molecule has 2 rings (SSSR count). The third-order valence-corrected chi connectivity index (χ3v) is 4.08. The Balaban J connectivity index is 2.19. The zero-order valence-corrected chi connectivity index (χ0v) is 12.1. The summed E-state index contributed by atoms with van der Waals surface area (Å²) < 4.78 is 0. The fourth-order valence-corrected chi connectivity index (χ4v) is 2.78. The molecule has 1 aliphatic heterocycles. The van der Waals surface area contributed by atoms with Gasteiger partial charge in [-0.25, -0.2) is 0 Å². The quantitative estimate of drug-likeness (QED) is 0.902. The van der Waals surface area contributed by atoms with Crippen LogP contribution in [0.4, 0.5) is 0 Å². The second-order valence-corrected chi connectivity index (χ2v) is 5.56. The zero-order valence-electron chi connectivity index (χ0n) is 11.4. The van der Waals surface area contributed by atoms with Crippen molar-refractivity contribution in [2.75, 3.05) is 40.8 Å². The van der Waals surface area contributed by atoms with Gasteiger partial charge in [0.1, 0.15) is 0 Å². The molecule has 2 atom stereocenters. The van der Waals surface area contributed by atoms with Crippen molar-refractivity contribution >= 4 is 11.6 Å². The molecule has 0 aromatic heterocycles. The first kappa shape index (κ1) is 13.8. The van der Waals surface area contributed by atoms with E-state index in [1.807, 2.05) is 19.2 Å². The summed E-state index contributed by atoms with van der Waals surface area (Å²) in [5.41, 5.74) is 1.30. The highest BCUT2D eigenvalue weighted by atomic mass is 35.5. The molecule has 100 valence electrons. The molecule has 3 nitrogen and oxygen atoms in total. The van der Waals surface area contributed by atoms with E-state index in [0.717, 1.165) is 24.7 Å². The first-order chi connectivity index (χ1) is 8.61. The predicted molar refractivity (Wildman–Crippen MR) is 77.2 cm³/mol. The standard InChI is InChI=1S/C14H22ClN3/c1-16-14(11-4-6-12(15)7-5-11)13-10-17(2)8-9-18(13)3/h4-7,13-14,16H,8-10H2,1-3H3. The summed E-state index contributed by atoms with van der Waals surface area (Å²) in [6.07, 6.45) is 0. The molecule has 2 unspecified atom stereocenters. The van der Waals surface area contributed by atoms with E-state index < -0.39 is 0 Å². The summed E-state index contributed by atoms with van der Waals surface area (Å²) >= 11 is 5.96. The molecular formula is C14H22ClN3. The minimum absolute atomic E-state index is 0.343. The molecule has 1 aliphatic rings. The van der Waals surface area contributed by atoms with Gasteiger partial charge in [0.2, 0.25) is 0 Å². The lowest BCUT2D eigenvalue weighted by molar-refractivity contribution is 0.0897. The van der Waals surface area contributed by atoms with E-state index in [1.165, 1.54) is 5.56 Å². The van der Waals surface area contributed by atoms with Crippen molar-refractivity contribution in [2.45, 2.75) is 12.1 Å². The Labute approximate surface area is 115 Å². The Morgan fingerprint density at radius 3 is 2.50 bits per heavy atom. The van der Waals surface area contributed by atoms with E-state index in [0.29, 0.717) is 12.1 Å². The summed E-state index contributed by atoms with van der Waals surface area (Å²) in [4.78, 5) is 4.83. The van der Waals surface area contributed by atoms with Crippen molar-refractivity contribution in [1.82, 2.24) is 15.1 Å². The van der Waals surface area contributed by atoms with Crippen molar-refractivity contribution in [2.24, 2.45) is 0 Å². The second kappa shape index (κ2) is 6.02. The highest BCUT2D eigenvalue weighted by Crippen LogP contribution is 2.24. The summed E-state index contributed by atoms with van der Waals surface area (Å²) in [6.45, 7) is 3.35. The van der Waals surface area contributed by atoms with Gasteiger partial charge in [-0.05, 0) is 38.8 Å². The van der Waals surface area contributed by atoms with Crippen LogP contribution in [0, 0.1) is 0 Å². The monoisotopic (exact) mass is 267 g/mol. The van der Waals surface area contributed by atoms with Crippen LogP contribution in [-0.4, -0.2) is 56.6 Å². The van der Waals surface area contributed by atoms with Gasteiger partial charge in [-0.1, -0.05) is 23.7 Å². The van der Waals surface area contributed by atoms with Crippen molar-refractivity contribution in [3.63, 3.8) is 0 Å². The van der Waals surface area contributed by atoms with Gasteiger partial charge in [0.05, 0.1) is 0 Å². The molecule has 0 aliphatic carbocycles. The van der Waals surface area contributed by atoms with Gasteiger partial charge in [0.25, 0.3) is 0 Å². The fourth-order valence-electron chi connectivity index (χ4n) is 2.66. The first-order valence-electron chi connectivity index (χ1n) is 6.43. The van der Waals surface area contributed by atoms with Crippen molar-refractivity contribution in [3.05, 3.63) is 34.9 Å². The van der Waals surface area contributed by atoms with Crippen molar-refractivity contribution in [3.8, 4) is 0 Å². The smallest absolute Gasteiger partial charge is 0.0488 e. The predicted octanol–water partition coefficient (Wildman–Crippen LogP) is 1.85. The molecule has 1 fully saturated rings. The molecule has 0 spiro atoms. The molecule has 18 heavy (non-hydrogen) atoms. The van der Waals surface area contributed by atoms with Crippen LogP contribution < -0.4 is 5.32 Å². The summed E-state index contributed by atoms with van der Waals surface area (Å²) in [5, 5.41) is 4.24. The van der Waals surface area contributed by atoms with E-state index in [9.17, 15) is 0 Å². The zero-order chi connectivity index (χ0) is 13.1. The highest BCUT2D eigenvalue weighted by molar-refractivity contribution is 6.30. The van der Waals surface area contributed by atoms with Gasteiger partial charge >= 0.3 is 0 Å². The number of nitrogens with zero attached hydrogens (tertiary/aromatic N) is 2. The molecule has 4 heteroatoms. The second-order valence-electron chi connectivity index (χ2n) is 5.13. The number of hydrogen-bond donors (Lipinski definition) is 1. The number of piperazine rings is 1. The number of rotatable bonds is 3. The lowest BCUT2D eigenvalue weighted by atomic mass is 9.96. The molecule has 0 amide bonds. The number of benzene rings is 1. The van der Waals surface area contributed by atoms with Crippen LogP contribution in [0.15, 0.2) is 24.3 Å². The molecule has 0 radical (unpaired) electrons. The van der Waals surface area contributed by atoms with Crippen LogP contribution in [0.25, 0.3) is 0 Å². The van der Waals surface area contributed by atoms with E-state index in [2.05, 4.69) is 41.3 Å². The molecular weight excluding hydrogens is 246 g/mol. The van der Waals surface area contributed by atoms with Gasteiger partial charge in [0.15, 0.2) is 0 Å². The largest absolute Gasteiger partial charge is 0.312 e. The molecule has 1 aromatic carbocycles. The Bertz CT molecular complexity index is 379. The number of likely N-dealkylation sites (N-methyl/N-ethyl adjacent to an activating group) is 3. The number of hydrogen-bond acceptors (Lipinski definition) is 3. The summed E-state index contributed by atoms with van der Waals surface area (Å²) in [6, 6.07) is 9.00. The van der Waals surface area contributed by atoms with Crippen LogP contribution >= 0.6 is 11.6 Å². The van der Waals surface area contributed by atoms with Crippen LogP contribution in [0.2, 0.25) is 5.02 Å².